The number of rotatable bonds is 2. The number of thioether (sulfide) groups is 1. The maximum absolute atomic E-state index is 12.5. The molecule has 0 radical (unpaired) electrons. The van der Waals surface area contributed by atoms with Crippen molar-refractivity contribution < 1.29 is 4.79 Å². The molecule has 0 saturated heterocycles. The summed E-state index contributed by atoms with van der Waals surface area (Å²) >= 11 is 7.83. The fourth-order valence-electron chi connectivity index (χ4n) is 2.32. The first-order valence-electron chi connectivity index (χ1n) is 6.51. The fraction of sp³-hybridized carbons (Fsp3) is 0.188. The summed E-state index contributed by atoms with van der Waals surface area (Å²) < 4.78 is 0. The van der Waals surface area contributed by atoms with Gasteiger partial charge in [0.25, 0.3) is 0 Å². The molecular weight excluding hydrogens is 290 g/mol. The highest BCUT2D eigenvalue weighted by Crippen LogP contribution is 2.36. The fourth-order valence-corrected chi connectivity index (χ4v) is 3.46. The Labute approximate surface area is 127 Å². The van der Waals surface area contributed by atoms with Gasteiger partial charge in [-0.1, -0.05) is 41.9 Å². The average molecular weight is 304 g/mol. The van der Waals surface area contributed by atoms with Gasteiger partial charge in [0.05, 0.1) is 12.1 Å². The standard InChI is InChI=1S/C16H14ClNOS/c17-13-6-7-15-14(11-13)18(8-9-20-15)16(19)10-12-4-2-1-3-5-12/h1-7,11H,8-10H2. The van der Waals surface area contributed by atoms with E-state index in [9.17, 15) is 4.79 Å². The number of halogens is 1. The molecule has 0 N–H and O–H groups in total. The van der Waals surface area contributed by atoms with Crippen LogP contribution in [0.15, 0.2) is 53.4 Å². The van der Waals surface area contributed by atoms with Crippen molar-refractivity contribution in [3.8, 4) is 0 Å². The number of carbonyl (C=O) groups is 1. The van der Waals surface area contributed by atoms with Crippen LogP contribution >= 0.6 is 23.4 Å². The molecule has 3 rings (SSSR count). The first kappa shape index (κ1) is 13.5. The summed E-state index contributed by atoms with van der Waals surface area (Å²) in [5.41, 5.74) is 1.98. The minimum absolute atomic E-state index is 0.125. The number of hydrogen-bond donors (Lipinski definition) is 0. The Morgan fingerprint density at radius 1 is 1.20 bits per heavy atom. The molecule has 1 heterocycles. The number of anilines is 1. The first-order chi connectivity index (χ1) is 9.74. The molecule has 1 amide bonds. The number of fused-ring (bicyclic) bond motifs is 1. The Morgan fingerprint density at radius 3 is 2.80 bits per heavy atom. The van der Waals surface area contributed by atoms with Crippen molar-refractivity contribution in [1.29, 1.82) is 0 Å². The van der Waals surface area contributed by atoms with Crippen LogP contribution in [0, 0.1) is 0 Å². The topological polar surface area (TPSA) is 20.3 Å². The van der Waals surface area contributed by atoms with Crippen LogP contribution in [0.4, 0.5) is 5.69 Å². The van der Waals surface area contributed by atoms with Gasteiger partial charge in [0.1, 0.15) is 0 Å². The van der Waals surface area contributed by atoms with E-state index in [0.29, 0.717) is 11.4 Å². The number of carbonyl (C=O) groups excluding carboxylic acids is 1. The minimum atomic E-state index is 0.125. The number of benzene rings is 2. The summed E-state index contributed by atoms with van der Waals surface area (Å²) in [5.74, 6) is 1.05. The highest BCUT2D eigenvalue weighted by atomic mass is 35.5. The van der Waals surface area contributed by atoms with Gasteiger partial charge in [0.2, 0.25) is 5.91 Å². The smallest absolute Gasteiger partial charge is 0.231 e. The monoisotopic (exact) mass is 303 g/mol. The van der Waals surface area contributed by atoms with E-state index in [-0.39, 0.29) is 5.91 Å². The third-order valence-corrected chi connectivity index (χ3v) is 4.56. The molecule has 1 aliphatic heterocycles. The Kier molecular flexibility index (Phi) is 3.99. The molecule has 0 saturated carbocycles. The maximum atomic E-state index is 12.5. The lowest BCUT2D eigenvalue weighted by Crippen LogP contribution is -2.36. The molecule has 0 spiro atoms. The summed E-state index contributed by atoms with van der Waals surface area (Å²) in [6.07, 6.45) is 0.428. The van der Waals surface area contributed by atoms with E-state index in [1.54, 1.807) is 11.8 Å². The Balaban J connectivity index is 1.85. The second-order valence-corrected chi connectivity index (χ2v) is 6.24. The van der Waals surface area contributed by atoms with E-state index in [4.69, 9.17) is 11.6 Å². The molecule has 0 atom stereocenters. The lowest BCUT2D eigenvalue weighted by atomic mass is 10.1. The van der Waals surface area contributed by atoms with Gasteiger partial charge in [-0.2, -0.15) is 0 Å². The third-order valence-electron chi connectivity index (χ3n) is 3.28. The molecule has 20 heavy (non-hydrogen) atoms. The highest BCUT2D eigenvalue weighted by Gasteiger charge is 2.23. The minimum Gasteiger partial charge on any atom is -0.310 e. The summed E-state index contributed by atoms with van der Waals surface area (Å²) in [5, 5.41) is 0.670. The predicted octanol–water partition coefficient (Wildman–Crippen LogP) is 4.02. The highest BCUT2D eigenvalue weighted by molar-refractivity contribution is 7.99. The third kappa shape index (κ3) is 2.84. The summed E-state index contributed by atoms with van der Waals surface area (Å²) in [7, 11) is 0. The van der Waals surface area contributed by atoms with Crippen LogP contribution in [-0.4, -0.2) is 18.2 Å². The maximum Gasteiger partial charge on any atom is 0.231 e. The van der Waals surface area contributed by atoms with Gasteiger partial charge in [-0.15, -0.1) is 11.8 Å². The zero-order valence-electron chi connectivity index (χ0n) is 10.9. The molecule has 2 nitrogen and oxygen atoms in total. The average Bonchev–Trinajstić information content (AvgIpc) is 2.47. The van der Waals surface area contributed by atoms with Crippen molar-refractivity contribution in [1.82, 2.24) is 0 Å². The molecule has 2 aromatic carbocycles. The Hall–Kier alpha value is -1.45. The van der Waals surface area contributed by atoms with Gasteiger partial charge < -0.3 is 4.90 Å². The molecule has 1 aliphatic rings. The molecule has 4 heteroatoms. The first-order valence-corrected chi connectivity index (χ1v) is 7.87. The Bertz CT molecular complexity index is 630. The number of nitrogens with zero attached hydrogens (tertiary/aromatic N) is 1. The number of amides is 1. The van der Waals surface area contributed by atoms with E-state index >= 15 is 0 Å². The molecule has 0 aromatic heterocycles. The summed E-state index contributed by atoms with van der Waals surface area (Å²) in [4.78, 5) is 15.5. The van der Waals surface area contributed by atoms with E-state index < -0.39 is 0 Å². The Morgan fingerprint density at radius 2 is 2.00 bits per heavy atom. The lowest BCUT2D eigenvalue weighted by Gasteiger charge is -2.29. The van der Waals surface area contributed by atoms with Crippen molar-refractivity contribution >= 4 is 35.0 Å². The van der Waals surface area contributed by atoms with Gasteiger partial charge in [0, 0.05) is 22.2 Å². The molecular formula is C16H14ClNOS. The van der Waals surface area contributed by atoms with E-state index in [0.717, 1.165) is 28.4 Å². The van der Waals surface area contributed by atoms with Gasteiger partial charge in [-0.25, -0.2) is 0 Å². The molecule has 0 bridgehead atoms. The van der Waals surface area contributed by atoms with Crippen LogP contribution in [0.5, 0.6) is 0 Å². The van der Waals surface area contributed by atoms with Crippen molar-refractivity contribution in [2.24, 2.45) is 0 Å². The molecule has 2 aromatic rings. The van der Waals surface area contributed by atoms with E-state index in [1.807, 2.05) is 53.4 Å². The van der Waals surface area contributed by atoms with Crippen molar-refractivity contribution in [3.05, 3.63) is 59.1 Å². The van der Waals surface area contributed by atoms with Crippen molar-refractivity contribution in [2.45, 2.75) is 11.3 Å². The lowest BCUT2D eigenvalue weighted by molar-refractivity contribution is -0.118. The second kappa shape index (κ2) is 5.90. The molecule has 0 fully saturated rings. The van der Waals surface area contributed by atoms with Crippen LogP contribution < -0.4 is 4.90 Å². The van der Waals surface area contributed by atoms with Crippen LogP contribution in [0.25, 0.3) is 0 Å². The van der Waals surface area contributed by atoms with Gasteiger partial charge in [-0.05, 0) is 23.8 Å². The zero-order valence-corrected chi connectivity index (χ0v) is 12.5. The largest absolute Gasteiger partial charge is 0.310 e. The van der Waals surface area contributed by atoms with Crippen LogP contribution in [-0.2, 0) is 11.2 Å². The van der Waals surface area contributed by atoms with E-state index in [2.05, 4.69) is 0 Å². The molecule has 0 unspecified atom stereocenters. The van der Waals surface area contributed by atoms with E-state index in [1.165, 1.54) is 0 Å². The number of hydrogen-bond acceptors (Lipinski definition) is 2. The van der Waals surface area contributed by atoms with Gasteiger partial charge in [0.15, 0.2) is 0 Å². The van der Waals surface area contributed by atoms with Gasteiger partial charge in [-0.3, -0.25) is 4.79 Å². The SMILES string of the molecule is O=C(Cc1ccccc1)N1CCSc2ccc(Cl)cc21. The van der Waals surface area contributed by atoms with Crippen LogP contribution in [0.2, 0.25) is 5.02 Å². The summed E-state index contributed by atoms with van der Waals surface area (Å²) in [6, 6.07) is 15.6. The van der Waals surface area contributed by atoms with Crippen molar-refractivity contribution in [3.63, 3.8) is 0 Å². The summed E-state index contributed by atoms with van der Waals surface area (Å²) in [6.45, 7) is 0.740. The van der Waals surface area contributed by atoms with Crippen LogP contribution in [0.3, 0.4) is 0 Å². The molecule has 0 aliphatic carbocycles. The zero-order chi connectivity index (χ0) is 13.9. The quantitative estimate of drug-likeness (QED) is 0.835. The predicted molar refractivity (Wildman–Crippen MR) is 84.7 cm³/mol. The van der Waals surface area contributed by atoms with Gasteiger partial charge >= 0.3 is 0 Å². The molecule has 102 valence electrons. The van der Waals surface area contributed by atoms with Crippen LogP contribution in [0.1, 0.15) is 5.56 Å². The van der Waals surface area contributed by atoms with Crippen molar-refractivity contribution in [2.75, 3.05) is 17.2 Å². The second-order valence-electron chi connectivity index (χ2n) is 4.67. The normalized spacial score (nSPS) is 13.9.